The van der Waals surface area contributed by atoms with E-state index >= 15 is 0 Å². The predicted molar refractivity (Wildman–Crippen MR) is 106 cm³/mol. The Bertz CT molecular complexity index is 733. The Hall–Kier alpha value is -2.03. The van der Waals surface area contributed by atoms with Crippen LogP contribution < -0.4 is 10.6 Å². The van der Waals surface area contributed by atoms with Crippen LogP contribution in [0.4, 0.5) is 0 Å². The number of hydrogen-bond acceptors (Lipinski definition) is 3. The molecule has 0 unspecified atom stereocenters. The molecule has 7 heteroatoms. The van der Waals surface area contributed by atoms with Gasteiger partial charge in [-0.05, 0) is 31.2 Å². The van der Waals surface area contributed by atoms with Crippen LogP contribution >= 0.6 is 24.0 Å². The second kappa shape index (κ2) is 9.31. The number of rotatable bonds is 6. The number of halogens is 1. The van der Waals surface area contributed by atoms with Crippen LogP contribution in [0.25, 0.3) is 5.65 Å². The zero-order valence-corrected chi connectivity index (χ0v) is 15.9. The maximum absolute atomic E-state index is 5.29. The van der Waals surface area contributed by atoms with Crippen molar-refractivity contribution in [3.05, 3.63) is 60.4 Å². The van der Waals surface area contributed by atoms with Crippen molar-refractivity contribution in [2.75, 3.05) is 13.1 Å². The number of hydrogen-bond donors (Lipinski definition) is 2. The van der Waals surface area contributed by atoms with E-state index in [1.54, 1.807) is 6.26 Å². The van der Waals surface area contributed by atoms with E-state index in [1.165, 1.54) is 0 Å². The first-order valence-corrected chi connectivity index (χ1v) is 7.82. The molecular formula is C17H22IN5O. The zero-order valence-electron chi connectivity index (χ0n) is 13.6. The Kier molecular flexibility index (Phi) is 7.10. The van der Waals surface area contributed by atoms with Gasteiger partial charge in [-0.15, -0.1) is 24.0 Å². The third-order valence-electron chi connectivity index (χ3n) is 3.40. The molecule has 0 fully saturated rings. The molecule has 24 heavy (non-hydrogen) atoms. The van der Waals surface area contributed by atoms with E-state index in [2.05, 4.69) is 26.8 Å². The molecule has 0 radical (unpaired) electrons. The van der Waals surface area contributed by atoms with Crippen molar-refractivity contribution in [3.63, 3.8) is 0 Å². The van der Waals surface area contributed by atoms with E-state index in [4.69, 9.17) is 4.42 Å². The molecule has 0 aliphatic carbocycles. The second-order valence-electron chi connectivity index (χ2n) is 5.15. The average molecular weight is 439 g/mol. The highest BCUT2D eigenvalue weighted by atomic mass is 127. The fraction of sp³-hybridized carbons (Fsp3) is 0.294. The minimum Gasteiger partial charge on any atom is -0.467 e. The summed E-state index contributed by atoms with van der Waals surface area (Å²) in [5, 5.41) is 6.55. The number of pyridine rings is 1. The van der Waals surface area contributed by atoms with Crippen molar-refractivity contribution in [3.8, 4) is 0 Å². The molecule has 0 bridgehead atoms. The van der Waals surface area contributed by atoms with Crippen molar-refractivity contribution in [1.29, 1.82) is 0 Å². The Morgan fingerprint density at radius 1 is 1.25 bits per heavy atom. The molecule has 3 aromatic rings. The van der Waals surface area contributed by atoms with Gasteiger partial charge in [-0.1, -0.05) is 6.07 Å². The van der Waals surface area contributed by atoms with Crippen LogP contribution in [0.15, 0.2) is 58.4 Å². The number of nitrogens with zero attached hydrogens (tertiary/aromatic N) is 3. The van der Waals surface area contributed by atoms with Gasteiger partial charge in [-0.2, -0.15) is 0 Å². The van der Waals surface area contributed by atoms with Gasteiger partial charge in [0.1, 0.15) is 18.0 Å². The normalized spacial score (nSPS) is 11.3. The monoisotopic (exact) mass is 439 g/mol. The van der Waals surface area contributed by atoms with E-state index in [9.17, 15) is 0 Å². The number of furan rings is 1. The van der Waals surface area contributed by atoms with E-state index in [0.29, 0.717) is 6.54 Å². The molecule has 0 saturated heterocycles. The Labute approximate surface area is 158 Å². The van der Waals surface area contributed by atoms with Crippen LogP contribution in [-0.4, -0.2) is 28.4 Å². The lowest BCUT2D eigenvalue weighted by molar-refractivity contribution is 0.512. The molecule has 2 N–H and O–H groups in total. The molecule has 6 nitrogen and oxygen atoms in total. The van der Waals surface area contributed by atoms with Crippen LogP contribution in [-0.2, 0) is 13.0 Å². The fourth-order valence-electron chi connectivity index (χ4n) is 2.32. The van der Waals surface area contributed by atoms with Crippen molar-refractivity contribution in [2.24, 2.45) is 4.99 Å². The lowest BCUT2D eigenvalue weighted by Gasteiger charge is -2.10. The van der Waals surface area contributed by atoms with E-state index in [0.717, 1.165) is 42.6 Å². The van der Waals surface area contributed by atoms with Crippen LogP contribution in [0, 0.1) is 0 Å². The van der Waals surface area contributed by atoms with Crippen LogP contribution in [0.5, 0.6) is 0 Å². The maximum Gasteiger partial charge on any atom is 0.191 e. The molecule has 128 valence electrons. The highest BCUT2D eigenvalue weighted by Crippen LogP contribution is 2.04. The van der Waals surface area contributed by atoms with Gasteiger partial charge >= 0.3 is 0 Å². The van der Waals surface area contributed by atoms with Crippen LogP contribution in [0.2, 0.25) is 0 Å². The largest absolute Gasteiger partial charge is 0.467 e. The van der Waals surface area contributed by atoms with Gasteiger partial charge in [-0.3, -0.25) is 0 Å². The first-order chi connectivity index (χ1) is 11.3. The number of nitrogens with one attached hydrogen (secondary N) is 2. The standard InChI is InChI=1S/C17H21N5O.HI/c1-2-18-17(20-12-15-6-5-11-23-15)19-9-8-14-13-22-10-4-3-7-16(22)21-14;/h3-7,10-11,13H,2,8-9,12H2,1H3,(H2,18,19,20);1H. The van der Waals surface area contributed by atoms with Gasteiger partial charge in [0.2, 0.25) is 0 Å². The number of aromatic nitrogens is 2. The summed E-state index contributed by atoms with van der Waals surface area (Å²) in [6.45, 7) is 4.16. The summed E-state index contributed by atoms with van der Waals surface area (Å²) in [7, 11) is 0. The Morgan fingerprint density at radius 2 is 2.17 bits per heavy atom. The highest BCUT2D eigenvalue weighted by molar-refractivity contribution is 14.0. The van der Waals surface area contributed by atoms with Crippen LogP contribution in [0.3, 0.4) is 0 Å². The number of imidazole rings is 1. The molecule has 0 atom stereocenters. The SMILES string of the molecule is CCNC(=NCc1ccco1)NCCc1cn2ccccc2n1.I. The van der Waals surface area contributed by atoms with Gasteiger partial charge < -0.3 is 19.5 Å². The van der Waals surface area contributed by atoms with Gasteiger partial charge in [0.15, 0.2) is 5.96 Å². The quantitative estimate of drug-likeness (QED) is 0.352. The number of aliphatic imine (C=N–C) groups is 1. The molecule has 0 aliphatic rings. The highest BCUT2D eigenvalue weighted by Gasteiger charge is 2.02. The number of fused-ring (bicyclic) bond motifs is 1. The molecule has 3 rings (SSSR count). The summed E-state index contributed by atoms with van der Waals surface area (Å²) in [5.74, 6) is 1.63. The molecule has 3 heterocycles. The third kappa shape index (κ3) is 4.98. The molecule has 0 amide bonds. The van der Waals surface area contributed by atoms with Gasteiger partial charge in [0.25, 0.3) is 0 Å². The van der Waals surface area contributed by atoms with Crippen molar-refractivity contribution in [2.45, 2.75) is 19.9 Å². The van der Waals surface area contributed by atoms with Crippen molar-refractivity contribution >= 4 is 35.6 Å². The molecular weight excluding hydrogens is 417 g/mol. The van der Waals surface area contributed by atoms with Gasteiger partial charge in [0.05, 0.1) is 12.0 Å². The summed E-state index contributed by atoms with van der Waals surface area (Å²) in [6.07, 6.45) is 6.57. The average Bonchev–Trinajstić information content (AvgIpc) is 3.21. The Balaban J connectivity index is 0.00000208. The van der Waals surface area contributed by atoms with E-state index in [-0.39, 0.29) is 24.0 Å². The minimum atomic E-state index is 0. The zero-order chi connectivity index (χ0) is 15.9. The summed E-state index contributed by atoms with van der Waals surface area (Å²) < 4.78 is 7.33. The van der Waals surface area contributed by atoms with E-state index in [1.807, 2.05) is 47.9 Å². The number of guanidine groups is 1. The molecule has 0 aliphatic heterocycles. The lowest BCUT2D eigenvalue weighted by Crippen LogP contribution is -2.38. The van der Waals surface area contributed by atoms with Gasteiger partial charge in [0, 0.05) is 31.9 Å². The third-order valence-corrected chi connectivity index (χ3v) is 3.40. The van der Waals surface area contributed by atoms with Crippen LogP contribution in [0.1, 0.15) is 18.4 Å². The summed E-state index contributed by atoms with van der Waals surface area (Å²) in [5.41, 5.74) is 2.03. The fourth-order valence-corrected chi connectivity index (χ4v) is 2.32. The molecule has 0 saturated carbocycles. The van der Waals surface area contributed by atoms with Gasteiger partial charge in [-0.25, -0.2) is 9.98 Å². The molecule has 3 aromatic heterocycles. The lowest BCUT2D eigenvalue weighted by atomic mass is 10.3. The first kappa shape index (κ1) is 18.3. The topological polar surface area (TPSA) is 66.9 Å². The predicted octanol–water partition coefficient (Wildman–Crippen LogP) is 2.84. The second-order valence-corrected chi connectivity index (χ2v) is 5.15. The Morgan fingerprint density at radius 3 is 2.92 bits per heavy atom. The van der Waals surface area contributed by atoms with E-state index < -0.39 is 0 Å². The van der Waals surface area contributed by atoms with Crippen molar-refractivity contribution < 1.29 is 4.42 Å². The smallest absolute Gasteiger partial charge is 0.191 e. The summed E-state index contributed by atoms with van der Waals surface area (Å²) in [6, 6.07) is 9.79. The molecule has 0 spiro atoms. The van der Waals surface area contributed by atoms with Crippen molar-refractivity contribution in [1.82, 2.24) is 20.0 Å². The maximum atomic E-state index is 5.29. The molecule has 0 aromatic carbocycles. The minimum absolute atomic E-state index is 0. The summed E-state index contributed by atoms with van der Waals surface area (Å²) >= 11 is 0. The summed E-state index contributed by atoms with van der Waals surface area (Å²) in [4.78, 5) is 9.09. The first-order valence-electron chi connectivity index (χ1n) is 7.82.